The second-order valence-electron chi connectivity index (χ2n) is 6.94. The summed E-state index contributed by atoms with van der Waals surface area (Å²) in [5.41, 5.74) is 7.59. The molecule has 4 rings (SSSR count). The maximum absolute atomic E-state index is 13.0. The van der Waals surface area contributed by atoms with E-state index in [0.717, 1.165) is 24.9 Å². The van der Waals surface area contributed by atoms with Crippen molar-refractivity contribution in [2.75, 3.05) is 18.8 Å². The molecule has 1 atom stereocenters. The number of ether oxygens (including phenoxy) is 1. The summed E-state index contributed by atoms with van der Waals surface area (Å²) in [5, 5.41) is 14.3. The van der Waals surface area contributed by atoms with E-state index < -0.39 is 0 Å². The van der Waals surface area contributed by atoms with Gasteiger partial charge < -0.3 is 15.4 Å². The summed E-state index contributed by atoms with van der Waals surface area (Å²) in [6, 6.07) is 12.9. The van der Waals surface area contributed by atoms with E-state index in [-0.39, 0.29) is 11.9 Å². The van der Waals surface area contributed by atoms with E-state index in [2.05, 4.69) is 11.3 Å². The Morgan fingerprint density at radius 3 is 2.66 bits per heavy atom. The van der Waals surface area contributed by atoms with Crippen molar-refractivity contribution in [2.45, 2.75) is 18.9 Å². The van der Waals surface area contributed by atoms with Crippen molar-refractivity contribution in [1.82, 2.24) is 14.7 Å². The number of hydrogen-bond donors (Lipinski definition) is 1. The third-order valence-electron chi connectivity index (χ3n) is 4.91. The molecule has 1 aromatic heterocycles. The first-order valence-electron chi connectivity index (χ1n) is 9.26. The number of nitrogens with zero attached hydrogens (tertiary/aromatic N) is 4. The van der Waals surface area contributed by atoms with Crippen molar-refractivity contribution in [3.05, 3.63) is 59.4 Å². The molecule has 0 saturated carbocycles. The van der Waals surface area contributed by atoms with E-state index in [9.17, 15) is 4.39 Å². The van der Waals surface area contributed by atoms with Crippen LogP contribution >= 0.6 is 11.6 Å². The molecule has 6 nitrogen and oxygen atoms in total. The summed E-state index contributed by atoms with van der Waals surface area (Å²) in [6.07, 6.45) is 4.03. The van der Waals surface area contributed by atoms with Gasteiger partial charge in [0.25, 0.3) is 0 Å². The average molecular weight is 412 g/mol. The molecule has 2 aromatic carbocycles. The molecular weight excluding hydrogens is 393 g/mol. The van der Waals surface area contributed by atoms with Gasteiger partial charge in [-0.1, -0.05) is 11.6 Å². The number of benzene rings is 2. The fraction of sp³-hybridized carbons (Fsp3) is 0.238. The number of nitrogens with two attached hydrogens (primary N) is 1. The van der Waals surface area contributed by atoms with Crippen LogP contribution in [0.4, 0.5) is 10.2 Å². The third kappa shape index (κ3) is 4.13. The highest BCUT2D eigenvalue weighted by molar-refractivity contribution is 6.33. The molecule has 1 aliphatic heterocycles. The van der Waals surface area contributed by atoms with Gasteiger partial charge in [-0.3, -0.25) is 0 Å². The fourth-order valence-electron chi connectivity index (χ4n) is 3.48. The number of halogens is 2. The van der Waals surface area contributed by atoms with Crippen LogP contribution < -0.4 is 10.5 Å². The van der Waals surface area contributed by atoms with Gasteiger partial charge in [-0.05, 0) is 49.2 Å². The van der Waals surface area contributed by atoms with Gasteiger partial charge in [0.2, 0.25) is 0 Å². The lowest BCUT2D eigenvalue weighted by atomic mass is 10.1. The smallest absolute Gasteiger partial charge is 0.179 e. The number of rotatable bonds is 4. The van der Waals surface area contributed by atoms with Crippen molar-refractivity contribution < 1.29 is 9.13 Å². The number of piperidine rings is 1. The Morgan fingerprint density at radius 2 is 1.93 bits per heavy atom. The van der Waals surface area contributed by atoms with Gasteiger partial charge in [-0.2, -0.15) is 10.4 Å². The summed E-state index contributed by atoms with van der Waals surface area (Å²) in [7, 11) is 0. The molecule has 1 unspecified atom stereocenters. The largest absolute Gasteiger partial charge is 0.457 e. The monoisotopic (exact) mass is 411 g/mol. The lowest BCUT2D eigenvalue weighted by molar-refractivity contribution is 0.235. The zero-order valence-corrected chi connectivity index (χ0v) is 16.3. The molecule has 0 spiro atoms. The Kier molecular flexibility index (Phi) is 5.28. The Hall–Kier alpha value is -3.24. The zero-order chi connectivity index (χ0) is 20.4. The van der Waals surface area contributed by atoms with E-state index in [0.29, 0.717) is 34.6 Å². The second kappa shape index (κ2) is 8.02. The minimum absolute atomic E-state index is 0.0528. The minimum Gasteiger partial charge on any atom is -0.457 e. The fourth-order valence-corrected chi connectivity index (χ4v) is 3.75. The maximum atomic E-state index is 13.0. The molecule has 3 aromatic rings. The van der Waals surface area contributed by atoms with Crippen LogP contribution in [0.1, 0.15) is 18.9 Å². The summed E-state index contributed by atoms with van der Waals surface area (Å²) in [4.78, 5) is 1.73. The summed E-state index contributed by atoms with van der Waals surface area (Å²) < 4.78 is 20.5. The molecule has 0 amide bonds. The predicted molar refractivity (Wildman–Crippen MR) is 109 cm³/mol. The molecule has 1 saturated heterocycles. The van der Waals surface area contributed by atoms with Gasteiger partial charge in [0.05, 0.1) is 23.3 Å². The molecule has 2 N–H and O–H groups in total. The minimum atomic E-state index is -0.324. The quantitative estimate of drug-likeness (QED) is 0.621. The standard InChI is InChI=1S/C21H19ClFN5O/c22-19-10-17(29-16-5-3-14(23)4-6-16)7-8-18(19)20-11-21(25)28(26-20)15-2-1-9-27(12-15)13-24/h3-8,10-11,15H,1-2,9,12,25H2. The highest BCUT2D eigenvalue weighted by atomic mass is 35.5. The number of aromatic nitrogens is 2. The zero-order valence-electron chi connectivity index (χ0n) is 15.6. The van der Waals surface area contributed by atoms with Crippen LogP contribution in [-0.4, -0.2) is 27.8 Å². The van der Waals surface area contributed by atoms with Crippen LogP contribution in [0.25, 0.3) is 11.3 Å². The van der Waals surface area contributed by atoms with Crippen molar-refractivity contribution in [2.24, 2.45) is 0 Å². The van der Waals surface area contributed by atoms with Crippen LogP contribution in [0.5, 0.6) is 11.5 Å². The highest BCUT2D eigenvalue weighted by Gasteiger charge is 2.23. The number of nitriles is 1. The number of hydrogen-bond acceptors (Lipinski definition) is 5. The van der Waals surface area contributed by atoms with Crippen LogP contribution in [-0.2, 0) is 0 Å². The Morgan fingerprint density at radius 1 is 1.17 bits per heavy atom. The van der Waals surface area contributed by atoms with Crippen molar-refractivity contribution in [3.63, 3.8) is 0 Å². The van der Waals surface area contributed by atoms with E-state index in [1.807, 2.05) is 6.07 Å². The average Bonchev–Trinajstić information content (AvgIpc) is 3.11. The Bertz CT molecular complexity index is 1060. The van der Waals surface area contributed by atoms with Gasteiger partial charge in [-0.15, -0.1) is 0 Å². The number of nitrogen functional groups attached to an aromatic ring is 1. The van der Waals surface area contributed by atoms with Crippen molar-refractivity contribution >= 4 is 17.4 Å². The van der Waals surface area contributed by atoms with Gasteiger partial charge in [0.15, 0.2) is 6.19 Å². The van der Waals surface area contributed by atoms with E-state index >= 15 is 0 Å². The van der Waals surface area contributed by atoms with Crippen molar-refractivity contribution in [3.8, 4) is 28.9 Å². The summed E-state index contributed by atoms with van der Waals surface area (Å²) >= 11 is 6.47. The van der Waals surface area contributed by atoms with Crippen LogP contribution in [0.3, 0.4) is 0 Å². The third-order valence-corrected chi connectivity index (χ3v) is 5.23. The second-order valence-corrected chi connectivity index (χ2v) is 7.35. The molecule has 2 heterocycles. The predicted octanol–water partition coefficient (Wildman–Crippen LogP) is 4.84. The highest BCUT2D eigenvalue weighted by Crippen LogP contribution is 2.34. The Labute approximate surface area is 172 Å². The van der Waals surface area contributed by atoms with Crippen LogP contribution in [0, 0.1) is 17.3 Å². The molecule has 1 fully saturated rings. The molecule has 0 radical (unpaired) electrons. The topological polar surface area (TPSA) is 80.1 Å². The van der Waals surface area contributed by atoms with Gasteiger partial charge in [0, 0.05) is 24.2 Å². The molecule has 148 valence electrons. The molecule has 1 aliphatic rings. The van der Waals surface area contributed by atoms with Gasteiger partial charge >= 0.3 is 0 Å². The van der Waals surface area contributed by atoms with Gasteiger partial charge in [-0.25, -0.2) is 9.07 Å². The van der Waals surface area contributed by atoms with Gasteiger partial charge in [0.1, 0.15) is 23.1 Å². The first-order valence-corrected chi connectivity index (χ1v) is 9.64. The number of anilines is 1. The molecular formula is C21H19ClFN5O. The normalized spacial score (nSPS) is 16.4. The first-order chi connectivity index (χ1) is 14.0. The van der Waals surface area contributed by atoms with Crippen molar-refractivity contribution in [1.29, 1.82) is 5.26 Å². The lowest BCUT2D eigenvalue weighted by Crippen LogP contribution is -2.34. The maximum Gasteiger partial charge on any atom is 0.179 e. The SMILES string of the molecule is N#CN1CCCC(n2nc(-c3ccc(Oc4ccc(F)cc4)cc3Cl)cc2N)C1. The van der Waals surface area contributed by atoms with E-state index in [1.165, 1.54) is 12.1 Å². The number of likely N-dealkylation sites (tertiary alicyclic amines) is 1. The molecule has 8 heteroatoms. The molecule has 0 aliphatic carbocycles. The summed E-state index contributed by atoms with van der Waals surface area (Å²) in [5.74, 6) is 1.26. The molecule has 29 heavy (non-hydrogen) atoms. The van der Waals surface area contributed by atoms with E-state index in [1.54, 1.807) is 39.9 Å². The first kappa shape index (κ1) is 19.1. The van der Waals surface area contributed by atoms with E-state index in [4.69, 9.17) is 27.3 Å². The van der Waals surface area contributed by atoms with Crippen LogP contribution in [0.15, 0.2) is 48.5 Å². The molecule has 0 bridgehead atoms. The Balaban J connectivity index is 1.56. The lowest BCUT2D eigenvalue weighted by Gasteiger charge is -2.29. The van der Waals surface area contributed by atoms with Crippen LogP contribution in [0.2, 0.25) is 5.02 Å². The summed E-state index contributed by atoms with van der Waals surface area (Å²) in [6.45, 7) is 1.36.